The first-order valence-electron chi connectivity index (χ1n) is 23.8. The number of hydrogen-bond acceptors (Lipinski definition) is 6. The van der Waals surface area contributed by atoms with Crippen LogP contribution in [-0.2, 0) is 44.9 Å². The highest BCUT2D eigenvalue weighted by Gasteiger charge is 2.45. The highest BCUT2D eigenvalue weighted by molar-refractivity contribution is 6.00. The van der Waals surface area contributed by atoms with Gasteiger partial charge in [0.05, 0.1) is 23.7 Å². The van der Waals surface area contributed by atoms with Crippen LogP contribution in [0.5, 0.6) is 0 Å². The predicted octanol–water partition coefficient (Wildman–Crippen LogP) is 5.73. The molecule has 2 saturated heterocycles. The Morgan fingerprint density at radius 1 is 0.353 bits per heavy atom. The molecule has 0 aromatic heterocycles. The van der Waals surface area contributed by atoms with Crippen molar-refractivity contribution in [3.63, 3.8) is 0 Å². The average molecular weight is 917 g/mol. The normalized spacial score (nSPS) is 17.6. The number of carbonyl (C=O) groups is 6. The van der Waals surface area contributed by atoms with Crippen molar-refractivity contribution in [2.24, 2.45) is 23.7 Å². The van der Waals surface area contributed by atoms with Gasteiger partial charge in [0.2, 0.25) is 23.6 Å². The molecule has 4 atom stereocenters. The average Bonchev–Trinajstić information content (AvgIpc) is 4.01. The van der Waals surface area contributed by atoms with Gasteiger partial charge in [-0.25, -0.2) is 0 Å². The van der Waals surface area contributed by atoms with Crippen LogP contribution in [0.15, 0.2) is 121 Å². The molecule has 5 aromatic rings. The molecule has 354 valence electrons. The number of amides is 6. The van der Waals surface area contributed by atoms with Gasteiger partial charge in [-0.3, -0.25) is 28.8 Å². The smallest absolute Gasteiger partial charge is 0.253 e. The van der Waals surface area contributed by atoms with Crippen LogP contribution in [0, 0.1) is 51.4 Å². The van der Waals surface area contributed by atoms with Crippen molar-refractivity contribution in [3.05, 3.63) is 177 Å². The number of carbonyl (C=O) groups excluding carboxylic acids is 6. The van der Waals surface area contributed by atoms with Gasteiger partial charge in [-0.05, 0) is 99.9 Å². The fourth-order valence-electron chi connectivity index (χ4n) is 8.99. The van der Waals surface area contributed by atoms with Crippen molar-refractivity contribution >= 4 is 35.4 Å². The van der Waals surface area contributed by atoms with Crippen LogP contribution < -0.4 is 21.3 Å². The second-order valence-corrected chi connectivity index (χ2v) is 18.5. The summed E-state index contributed by atoms with van der Waals surface area (Å²) >= 11 is 0. The van der Waals surface area contributed by atoms with Crippen molar-refractivity contribution in [2.45, 2.75) is 53.4 Å². The Bertz CT molecular complexity index is 2220. The minimum absolute atomic E-state index is 0.0582. The summed E-state index contributed by atoms with van der Waals surface area (Å²) < 4.78 is 0. The molecule has 2 aliphatic rings. The lowest BCUT2D eigenvalue weighted by atomic mass is 9.94. The van der Waals surface area contributed by atoms with Crippen molar-refractivity contribution < 1.29 is 28.8 Å². The van der Waals surface area contributed by atoms with Gasteiger partial charge in [0.25, 0.3) is 11.8 Å². The van der Waals surface area contributed by atoms with Gasteiger partial charge in [-0.1, -0.05) is 119 Å². The minimum Gasteiger partial charge on any atom is -0.355 e. The number of likely N-dealkylation sites (tertiary alicyclic amines) is 2. The van der Waals surface area contributed by atoms with E-state index in [4.69, 9.17) is 0 Å². The third kappa shape index (κ3) is 13.1. The second-order valence-electron chi connectivity index (χ2n) is 18.5. The quantitative estimate of drug-likeness (QED) is 0.0880. The molecule has 0 spiro atoms. The van der Waals surface area contributed by atoms with Crippen LogP contribution in [0.1, 0.15) is 65.2 Å². The third-order valence-electron chi connectivity index (χ3n) is 13.3. The van der Waals surface area contributed by atoms with Gasteiger partial charge in [-0.2, -0.15) is 0 Å². The fourth-order valence-corrected chi connectivity index (χ4v) is 8.99. The summed E-state index contributed by atoms with van der Waals surface area (Å²) in [5.41, 5.74) is 9.55. The Balaban J connectivity index is 0.992. The van der Waals surface area contributed by atoms with E-state index in [1.54, 1.807) is 24.3 Å². The molecule has 4 N–H and O–H groups in total. The van der Waals surface area contributed by atoms with E-state index < -0.39 is 23.7 Å². The maximum Gasteiger partial charge on any atom is 0.253 e. The lowest BCUT2D eigenvalue weighted by Gasteiger charge is -2.18. The van der Waals surface area contributed by atoms with E-state index in [9.17, 15) is 28.8 Å². The summed E-state index contributed by atoms with van der Waals surface area (Å²) in [4.78, 5) is 86.1. The molecule has 7 rings (SSSR count). The standard InChI is InChI=1S/C56H64N6O6/c1-37-5-13-41(14-6-37)25-29-57-51(63)47-33-61(34-48(47)52(64)58-30-26-42-15-7-38(2)8-16-42)55(67)45-21-23-46(24-22-45)56(68)62-35-49(53(65)59-31-27-43-17-9-39(3)10-18-43)50(36-62)54(66)60-32-28-44-19-11-40(4)12-20-44/h5-24,47-50H,25-36H2,1-4H3,(H,57,63)(H,58,64)(H,59,65)(H,60,66)/t47-,48-,49-,50-/m0/s1. The zero-order valence-corrected chi connectivity index (χ0v) is 39.7. The summed E-state index contributed by atoms with van der Waals surface area (Å²) in [5.74, 6) is -4.88. The molecule has 68 heavy (non-hydrogen) atoms. The zero-order chi connectivity index (χ0) is 48.2. The summed E-state index contributed by atoms with van der Waals surface area (Å²) in [6.45, 7) is 9.87. The lowest BCUT2D eigenvalue weighted by molar-refractivity contribution is -0.132. The van der Waals surface area contributed by atoms with E-state index >= 15 is 0 Å². The summed E-state index contributed by atoms with van der Waals surface area (Å²) in [5, 5.41) is 12.1. The molecule has 12 nitrogen and oxygen atoms in total. The largest absolute Gasteiger partial charge is 0.355 e. The van der Waals surface area contributed by atoms with Gasteiger partial charge in [0.15, 0.2) is 0 Å². The first kappa shape index (κ1) is 48.8. The highest BCUT2D eigenvalue weighted by atomic mass is 16.2. The number of benzene rings is 5. The molecule has 12 heteroatoms. The minimum atomic E-state index is -0.757. The fraction of sp³-hybridized carbons (Fsp3) is 0.357. The molecule has 0 aliphatic carbocycles. The molecule has 0 saturated carbocycles. The molecule has 0 bridgehead atoms. The van der Waals surface area contributed by atoms with E-state index in [0.717, 1.165) is 44.5 Å². The van der Waals surface area contributed by atoms with E-state index in [1.807, 2.05) is 125 Å². The highest BCUT2D eigenvalue weighted by Crippen LogP contribution is 2.28. The van der Waals surface area contributed by atoms with Crippen LogP contribution in [0.3, 0.4) is 0 Å². The van der Waals surface area contributed by atoms with E-state index in [-0.39, 0.29) is 61.6 Å². The van der Waals surface area contributed by atoms with Crippen molar-refractivity contribution in [1.29, 1.82) is 0 Å². The van der Waals surface area contributed by atoms with E-state index in [1.165, 1.54) is 9.80 Å². The Labute approximate surface area is 400 Å². The predicted molar refractivity (Wildman–Crippen MR) is 264 cm³/mol. The molecule has 2 aliphatic heterocycles. The number of rotatable bonds is 18. The molecular formula is C56H64N6O6. The van der Waals surface area contributed by atoms with Crippen LogP contribution in [0.25, 0.3) is 0 Å². The molecule has 0 radical (unpaired) electrons. The summed E-state index contributed by atoms with van der Waals surface area (Å²) in [6.07, 6.45) is 2.51. The van der Waals surface area contributed by atoms with Gasteiger partial charge < -0.3 is 31.1 Å². The maximum absolute atomic E-state index is 14.1. The van der Waals surface area contributed by atoms with Crippen LogP contribution >= 0.6 is 0 Å². The number of nitrogens with zero attached hydrogens (tertiary/aromatic N) is 2. The molecule has 2 fully saturated rings. The lowest BCUT2D eigenvalue weighted by Crippen LogP contribution is -2.42. The maximum atomic E-state index is 14.1. The van der Waals surface area contributed by atoms with Crippen LogP contribution in [-0.4, -0.2) is 97.6 Å². The van der Waals surface area contributed by atoms with Crippen molar-refractivity contribution in [1.82, 2.24) is 31.1 Å². The van der Waals surface area contributed by atoms with Crippen LogP contribution in [0.4, 0.5) is 0 Å². The summed E-state index contributed by atoms with van der Waals surface area (Å²) in [6, 6.07) is 38.7. The summed E-state index contributed by atoms with van der Waals surface area (Å²) in [7, 11) is 0. The number of nitrogens with one attached hydrogen (secondary N) is 4. The van der Waals surface area contributed by atoms with Gasteiger partial charge in [0.1, 0.15) is 0 Å². The molecule has 0 unspecified atom stereocenters. The van der Waals surface area contributed by atoms with E-state index in [0.29, 0.717) is 63.0 Å². The topological polar surface area (TPSA) is 157 Å². The van der Waals surface area contributed by atoms with Crippen molar-refractivity contribution in [2.75, 3.05) is 52.4 Å². The first-order chi connectivity index (χ1) is 32.8. The molecule has 2 heterocycles. The molecule has 5 aromatic carbocycles. The van der Waals surface area contributed by atoms with Gasteiger partial charge in [-0.15, -0.1) is 0 Å². The Kier molecular flexibility index (Phi) is 16.6. The van der Waals surface area contributed by atoms with Crippen molar-refractivity contribution in [3.8, 4) is 0 Å². The third-order valence-corrected chi connectivity index (χ3v) is 13.3. The second kappa shape index (κ2) is 23.1. The Hall–Kier alpha value is -7.08. The number of hydrogen-bond donors (Lipinski definition) is 4. The Morgan fingerprint density at radius 3 is 0.765 bits per heavy atom. The first-order valence-corrected chi connectivity index (χ1v) is 23.8. The SMILES string of the molecule is Cc1ccc(CCNC(=O)[C@H]2CN(C(=O)c3ccc(C(=O)N4C[C@H](C(=O)NCCc5ccc(C)cc5)[C@@H](C(=O)NCCc5ccc(C)cc5)C4)cc3)C[C@@H]2C(=O)NCCc2ccc(C)cc2)cc1. The Morgan fingerprint density at radius 2 is 0.559 bits per heavy atom. The van der Waals surface area contributed by atoms with Crippen LogP contribution in [0.2, 0.25) is 0 Å². The monoisotopic (exact) mass is 916 g/mol. The zero-order valence-electron chi connectivity index (χ0n) is 39.7. The molecule has 6 amide bonds. The van der Waals surface area contributed by atoms with Gasteiger partial charge in [0, 0.05) is 63.5 Å². The van der Waals surface area contributed by atoms with E-state index in [2.05, 4.69) is 21.3 Å². The van der Waals surface area contributed by atoms with Gasteiger partial charge >= 0.3 is 0 Å². The molecular weight excluding hydrogens is 853 g/mol. The number of aryl methyl sites for hydroxylation is 4.